The number of aromatic amines is 1. The lowest BCUT2D eigenvalue weighted by Crippen LogP contribution is -2.58. The van der Waals surface area contributed by atoms with Crippen molar-refractivity contribution in [2.45, 2.75) is 29.8 Å². The quantitative estimate of drug-likeness (QED) is 0.624. The molecule has 11 heteroatoms. The second kappa shape index (κ2) is 6.38. The maximum absolute atomic E-state index is 12.9. The van der Waals surface area contributed by atoms with Gasteiger partial charge in [0.2, 0.25) is 5.91 Å². The summed E-state index contributed by atoms with van der Waals surface area (Å²) in [5.74, 6) is 0.845. The van der Waals surface area contributed by atoms with Gasteiger partial charge in [0.25, 0.3) is 0 Å². The molecule has 3 aromatic heterocycles. The maximum atomic E-state index is 12.9. The Balaban J connectivity index is 1.33. The molecule has 2 aliphatic rings. The molecule has 5 rings (SSSR count). The minimum absolute atomic E-state index is 0.0362. The molecule has 28 heavy (non-hydrogen) atoms. The number of rotatable bonds is 4. The first kappa shape index (κ1) is 17.3. The van der Waals surface area contributed by atoms with Crippen LogP contribution in [0, 0.1) is 0 Å². The van der Waals surface area contributed by atoms with Crippen molar-refractivity contribution in [2.75, 3.05) is 24.5 Å². The maximum Gasteiger partial charge on any atom is 0.244 e. The fraction of sp³-hybridized carbons (Fsp3) is 0.412. The van der Waals surface area contributed by atoms with Crippen LogP contribution in [0.4, 0.5) is 5.82 Å². The van der Waals surface area contributed by atoms with Gasteiger partial charge in [-0.2, -0.15) is 5.10 Å². The van der Waals surface area contributed by atoms with Gasteiger partial charge in [0.15, 0.2) is 0 Å². The standard InChI is InChI=1S/C17H19N7O3S/c25-14(9-23-8-12(7-21-23)28(26)27)24-6-5-22(10-17(24)2-3-17)16-13-1-4-18-15(13)19-11-20-16/h1,4,7-8,11H,2-3,5-6,9-10H2,(H,26,27)(H,18,19,20)/p-1. The van der Waals surface area contributed by atoms with Crippen molar-refractivity contribution < 1.29 is 13.6 Å². The summed E-state index contributed by atoms with van der Waals surface area (Å²) in [6.45, 7) is 2.04. The van der Waals surface area contributed by atoms with Gasteiger partial charge in [-0.1, -0.05) is 0 Å². The molecule has 4 heterocycles. The SMILES string of the molecule is O=C(Cn1cc(S(=O)[O-])cn1)N1CCN(c2ncnc3[nH]ccc23)CC12CC2. The van der Waals surface area contributed by atoms with Gasteiger partial charge in [-0.3, -0.25) is 13.7 Å². The van der Waals surface area contributed by atoms with E-state index in [4.69, 9.17) is 0 Å². The highest BCUT2D eigenvalue weighted by Gasteiger charge is 2.53. The van der Waals surface area contributed by atoms with Crippen LogP contribution in [0.3, 0.4) is 0 Å². The highest BCUT2D eigenvalue weighted by Crippen LogP contribution is 2.45. The monoisotopic (exact) mass is 400 g/mol. The number of carbonyl (C=O) groups excluding carboxylic acids is 1. The van der Waals surface area contributed by atoms with Crippen LogP contribution >= 0.6 is 0 Å². The van der Waals surface area contributed by atoms with E-state index in [2.05, 4.69) is 25.0 Å². The van der Waals surface area contributed by atoms with E-state index >= 15 is 0 Å². The Morgan fingerprint density at radius 2 is 2.18 bits per heavy atom. The second-order valence-corrected chi connectivity index (χ2v) is 8.18. The third kappa shape index (κ3) is 2.87. The summed E-state index contributed by atoms with van der Waals surface area (Å²) >= 11 is -2.34. The summed E-state index contributed by atoms with van der Waals surface area (Å²) in [6, 6.07) is 1.97. The van der Waals surface area contributed by atoms with E-state index in [1.54, 1.807) is 6.33 Å². The molecule has 1 aliphatic heterocycles. The minimum atomic E-state index is -2.34. The number of hydrogen-bond donors (Lipinski definition) is 1. The number of nitrogens with one attached hydrogen (secondary N) is 1. The van der Waals surface area contributed by atoms with E-state index in [0.29, 0.717) is 13.1 Å². The third-order valence-electron chi connectivity index (χ3n) is 5.51. The molecular weight excluding hydrogens is 382 g/mol. The zero-order valence-corrected chi connectivity index (χ0v) is 15.8. The molecule has 1 N–H and O–H groups in total. The Hall–Kier alpha value is -2.79. The number of H-pyrrole nitrogens is 1. The molecule has 1 amide bonds. The average molecular weight is 400 g/mol. The molecule has 0 radical (unpaired) electrons. The molecule has 0 aromatic carbocycles. The lowest BCUT2D eigenvalue weighted by molar-refractivity contribution is -0.135. The summed E-state index contributed by atoms with van der Waals surface area (Å²) in [4.78, 5) is 28.9. The molecule has 10 nitrogen and oxygen atoms in total. The number of amides is 1. The zero-order chi connectivity index (χ0) is 19.3. The molecule has 3 aromatic rings. The van der Waals surface area contributed by atoms with E-state index in [9.17, 15) is 13.6 Å². The van der Waals surface area contributed by atoms with Crippen molar-refractivity contribution in [3.05, 3.63) is 31.0 Å². The van der Waals surface area contributed by atoms with Crippen LogP contribution < -0.4 is 4.90 Å². The van der Waals surface area contributed by atoms with Crippen molar-refractivity contribution in [3.63, 3.8) is 0 Å². The number of nitrogens with zero attached hydrogens (tertiary/aromatic N) is 6. The van der Waals surface area contributed by atoms with Crippen LogP contribution in [0.5, 0.6) is 0 Å². The van der Waals surface area contributed by atoms with Crippen LogP contribution in [-0.2, 0) is 22.4 Å². The third-order valence-corrected chi connectivity index (χ3v) is 6.11. The number of anilines is 1. The normalized spacial score (nSPS) is 19.3. The van der Waals surface area contributed by atoms with E-state index < -0.39 is 11.1 Å². The molecule has 1 saturated carbocycles. The lowest BCUT2D eigenvalue weighted by Gasteiger charge is -2.42. The molecule has 0 bridgehead atoms. The van der Waals surface area contributed by atoms with Crippen LogP contribution in [0.2, 0.25) is 0 Å². The molecule has 1 spiro atoms. The van der Waals surface area contributed by atoms with Gasteiger partial charge in [-0.15, -0.1) is 0 Å². The Morgan fingerprint density at radius 3 is 2.93 bits per heavy atom. The fourth-order valence-electron chi connectivity index (χ4n) is 3.97. The van der Waals surface area contributed by atoms with Crippen LogP contribution in [0.1, 0.15) is 12.8 Å². The number of hydrogen-bond acceptors (Lipinski definition) is 7. The van der Waals surface area contributed by atoms with Crippen molar-refractivity contribution in [1.82, 2.24) is 29.6 Å². The molecular formula is C17H18N7O3S-. The van der Waals surface area contributed by atoms with E-state index in [-0.39, 0.29) is 22.9 Å². The zero-order valence-electron chi connectivity index (χ0n) is 14.9. The largest absolute Gasteiger partial charge is 0.768 e. The van der Waals surface area contributed by atoms with Gasteiger partial charge in [0, 0.05) is 32.0 Å². The predicted octanol–water partition coefficient (Wildman–Crippen LogP) is 0.274. The van der Waals surface area contributed by atoms with E-state index in [1.807, 2.05) is 17.2 Å². The molecule has 146 valence electrons. The first-order valence-corrected chi connectivity index (χ1v) is 10.1. The summed E-state index contributed by atoms with van der Waals surface area (Å²) < 4.78 is 23.4. The van der Waals surface area contributed by atoms with Crippen LogP contribution in [0.25, 0.3) is 11.0 Å². The summed E-state index contributed by atoms with van der Waals surface area (Å²) in [5.41, 5.74) is 0.624. The summed E-state index contributed by atoms with van der Waals surface area (Å²) in [6.07, 6.45) is 7.93. The van der Waals surface area contributed by atoms with Gasteiger partial charge >= 0.3 is 0 Å². The molecule has 1 aliphatic carbocycles. The van der Waals surface area contributed by atoms with Gasteiger partial charge in [-0.05, 0) is 30.0 Å². The molecule has 1 atom stereocenters. The van der Waals surface area contributed by atoms with Gasteiger partial charge in [0.1, 0.15) is 24.3 Å². The van der Waals surface area contributed by atoms with Gasteiger partial charge < -0.3 is 19.3 Å². The Kier molecular flexibility index (Phi) is 3.95. The number of aromatic nitrogens is 5. The topological polar surface area (TPSA) is 123 Å². The minimum Gasteiger partial charge on any atom is -0.768 e. The average Bonchev–Trinajstić information content (AvgIpc) is 3.11. The highest BCUT2D eigenvalue weighted by molar-refractivity contribution is 7.79. The number of piperazine rings is 1. The van der Waals surface area contributed by atoms with Gasteiger partial charge in [0.05, 0.1) is 22.0 Å². The van der Waals surface area contributed by atoms with Crippen molar-refractivity contribution >= 4 is 33.8 Å². The molecule has 2 fully saturated rings. The Labute approximate surface area is 162 Å². The molecule has 1 unspecified atom stereocenters. The first-order valence-electron chi connectivity index (χ1n) is 9.01. The van der Waals surface area contributed by atoms with Crippen molar-refractivity contribution in [3.8, 4) is 0 Å². The number of carbonyl (C=O) groups is 1. The lowest BCUT2D eigenvalue weighted by atomic mass is 10.1. The predicted molar refractivity (Wildman–Crippen MR) is 99.2 cm³/mol. The highest BCUT2D eigenvalue weighted by atomic mass is 32.2. The van der Waals surface area contributed by atoms with E-state index in [1.165, 1.54) is 17.1 Å². The summed E-state index contributed by atoms with van der Waals surface area (Å²) in [5, 5.41) is 4.96. The van der Waals surface area contributed by atoms with Crippen molar-refractivity contribution in [2.24, 2.45) is 0 Å². The number of fused-ring (bicyclic) bond motifs is 1. The van der Waals surface area contributed by atoms with Crippen LogP contribution in [0.15, 0.2) is 35.9 Å². The summed E-state index contributed by atoms with van der Waals surface area (Å²) in [7, 11) is 0. The van der Waals surface area contributed by atoms with Crippen LogP contribution in [-0.4, -0.2) is 69.5 Å². The van der Waals surface area contributed by atoms with E-state index in [0.717, 1.165) is 36.2 Å². The second-order valence-electron chi connectivity index (χ2n) is 7.24. The molecule has 1 saturated heterocycles. The first-order chi connectivity index (χ1) is 13.6. The fourth-order valence-corrected chi connectivity index (χ4v) is 4.31. The van der Waals surface area contributed by atoms with Crippen molar-refractivity contribution in [1.29, 1.82) is 0 Å². The smallest absolute Gasteiger partial charge is 0.244 e. The Bertz CT molecular complexity index is 1070. The van der Waals surface area contributed by atoms with Gasteiger partial charge in [-0.25, -0.2) is 9.97 Å². The Morgan fingerprint density at radius 1 is 1.32 bits per heavy atom.